The van der Waals surface area contributed by atoms with E-state index in [4.69, 9.17) is 5.73 Å². The molecular formula is C18H21N3. The molecule has 0 heterocycles. The van der Waals surface area contributed by atoms with E-state index in [2.05, 4.69) is 30.1 Å². The van der Waals surface area contributed by atoms with E-state index in [1.807, 2.05) is 24.3 Å². The van der Waals surface area contributed by atoms with Gasteiger partial charge in [0.1, 0.15) is 0 Å². The zero-order chi connectivity index (χ0) is 14.8. The van der Waals surface area contributed by atoms with Gasteiger partial charge in [0.25, 0.3) is 0 Å². The maximum absolute atomic E-state index is 9.28. The van der Waals surface area contributed by atoms with Gasteiger partial charge in [0, 0.05) is 29.5 Å². The summed E-state index contributed by atoms with van der Waals surface area (Å²) in [5.74, 6) is 0.574. The zero-order valence-electron chi connectivity index (χ0n) is 12.4. The van der Waals surface area contributed by atoms with Gasteiger partial charge in [0.15, 0.2) is 0 Å². The van der Waals surface area contributed by atoms with Crippen molar-refractivity contribution in [3.8, 4) is 6.07 Å². The molecule has 21 heavy (non-hydrogen) atoms. The highest BCUT2D eigenvalue weighted by molar-refractivity contribution is 5.97. The second-order valence-corrected chi connectivity index (χ2v) is 5.89. The Labute approximate surface area is 126 Å². The largest absolute Gasteiger partial charge is 0.371 e. The number of nitrogens with two attached hydrogens (primary N) is 1. The highest BCUT2D eigenvalue weighted by Crippen LogP contribution is 2.35. The van der Waals surface area contributed by atoms with Crippen LogP contribution in [0.1, 0.15) is 24.8 Å². The standard InChI is InChI=1S/C18H21N3/c1-21(17-8-4-5-14(17)12-20)18-10-9-13(11-19)15-6-2-3-7-16(15)18/h2-3,6-7,9-10,14,17H,4-5,8,12,20H2,1H3. The highest BCUT2D eigenvalue weighted by atomic mass is 15.1. The van der Waals surface area contributed by atoms with Gasteiger partial charge in [-0.2, -0.15) is 5.26 Å². The molecule has 0 spiro atoms. The average molecular weight is 279 g/mol. The van der Waals surface area contributed by atoms with Crippen molar-refractivity contribution >= 4 is 16.5 Å². The molecule has 2 atom stereocenters. The number of rotatable bonds is 3. The summed E-state index contributed by atoms with van der Waals surface area (Å²) in [7, 11) is 2.16. The summed E-state index contributed by atoms with van der Waals surface area (Å²) >= 11 is 0. The molecule has 0 aliphatic heterocycles. The van der Waals surface area contributed by atoms with Crippen LogP contribution in [0.15, 0.2) is 36.4 Å². The van der Waals surface area contributed by atoms with Crippen LogP contribution < -0.4 is 10.6 Å². The fourth-order valence-corrected chi connectivity index (χ4v) is 3.67. The first-order valence-electron chi connectivity index (χ1n) is 7.61. The number of nitrogens with zero attached hydrogens (tertiary/aromatic N) is 2. The smallest absolute Gasteiger partial charge is 0.0998 e. The van der Waals surface area contributed by atoms with Crippen LogP contribution in [0.3, 0.4) is 0 Å². The van der Waals surface area contributed by atoms with Gasteiger partial charge in [-0.05, 0) is 37.4 Å². The van der Waals surface area contributed by atoms with Crippen LogP contribution >= 0.6 is 0 Å². The molecule has 1 saturated carbocycles. The molecule has 3 heteroatoms. The van der Waals surface area contributed by atoms with Crippen LogP contribution in [-0.4, -0.2) is 19.6 Å². The quantitative estimate of drug-likeness (QED) is 0.938. The van der Waals surface area contributed by atoms with Crippen molar-refractivity contribution in [2.24, 2.45) is 11.7 Å². The summed E-state index contributed by atoms with van der Waals surface area (Å²) in [4.78, 5) is 2.37. The molecule has 0 radical (unpaired) electrons. The summed E-state index contributed by atoms with van der Waals surface area (Å²) < 4.78 is 0. The van der Waals surface area contributed by atoms with Crippen LogP contribution in [-0.2, 0) is 0 Å². The molecule has 2 unspecified atom stereocenters. The van der Waals surface area contributed by atoms with Crippen LogP contribution in [0.25, 0.3) is 10.8 Å². The molecule has 0 amide bonds. The molecule has 1 aliphatic rings. The summed E-state index contributed by atoms with van der Waals surface area (Å²) in [6.07, 6.45) is 3.68. The topological polar surface area (TPSA) is 53.0 Å². The maximum atomic E-state index is 9.28. The molecule has 1 fully saturated rings. The molecule has 1 aliphatic carbocycles. The van der Waals surface area contributed by atoms with Crippen LogP contribution in [0.5, 0.6) is 0 Å². The van der Waals surface area contributed by atoms with Crippen molar-refractivity contribution in [3.63, 3.8) is 0 Å². The lowest BCUT2D eigenvalue weighted by Gasteiger charge is -2.32. The first kappa shape index (κ1) is 13.9. The fourth-order valence-electron chi connectivity index (χ4n) is 3.67. The normalized spacial score (nSPS) is 21.4. The number of nitriles is 1. The number of hydrogen-bond acceptors (Lipinski definition) is 3. The van der Waals surface area contributed by atoms with Crippen molar-refractivity contribution in [3.05, 3.63) is 42.0 Å². The van der Waals surface area contributed by atoms with Crippen molar-refractivity contribution in [1.29, 1.82) is 5.26 Å². The third kappa shape index (κ3) is 2.36. The van der Waals surface area contributed by atoms with Crippen molar-refractivity contribution < 1.29 is 0 Å². The lowest BCUT2D eigenvalue weighted by atomic mass is 9.99. The summed E-state index contributed by atoms with van der Waals surface area (Å²) in [5.41, 5.74) is 7.87. The fraction of sp³-hybridized carbons (Fsp3) is 0.389. The summed E-state index contributed by atoms with van der Waals surface area (Å²) in [5, 5.41) is 11.5. The number of benzene rings is 2. The summed E-state index contributed by atoms with van der Waals surface area (Å²) in [6.45, 7) is 0.753. The molecule has 108 valence electrons. The number of hydrogen-bond donors (Lipinski definition) is 1. The second-order valence-electron chi connectivity index (χ2n) is 5.89. The Morgan fingerprint density at radius 2 is 1.95 bits per heavy atom. The van der Waals surface area contributed by atoms with Crippen molar-refractivity contribution in [1.82, 2.24) is 0 Å². The van der Waals surface area contributed by atoms with Gasteiger partial charge in [-0.3, -0.25) is 0 Å². The van der Waals surface area contributed by atoms with E-state index in [1.165, 1.54) is 24.9 Å². The Balaban J connectivity index is 2.07. The Hall–Kier alpha value is -2.05. The molecule has 3 rings (SSSR count). The Morgan fingerprint density at radius 1 is 1.19 bits per heavy atom. The van der Waals surface area contributed by atoms with Crippen LogP contribution in [0.2, 0.25) is 0 Å². The predicted molar refractivity (Wildman–Crippen MR) is 87.2 cm³/mol. The van der Waals surface area contributed by atoms with Gasteiger partial charge in [-0.1, -0.05) is 30.7 Å². The minimum absolute atomic E-state index is 0.506. The lowest BCUT2D eigenvalue weighted by molar-refractivity contribution is 0.475. The minimum Gasteiger partial charge on any atom is -0.371 e. The van der Waals surface area contributed by atoms with E-state index < -0.39 is 0 Å². The summed E-state index contributed by atoms with van der Waals surface area (Å²) in [6, 6.07) is 15.0. The van der Waals surface area contributed by atoms with E-state index >= 15 is 0 Å². The van der Waals surface area contributed by atoms with Gasteiger partial charge in [-0.25, -0.2) is 0 Å². The monoisotopic (exact) mass is 279 g/mol. The first-order valence-corrected chi connectivity index (χ1v) is 7.61. The molecule has 0 aromatic heterocycles. The average Bonchev–Trinajstić information content (AvgIpc) is 3.01. The minimum atomic E-state index is 0.506. The van der Waals surface area contributed by atoms with E-state index in [0.29, 0.717) is 12.0 Å². The third-order valence-electron chi connectivity index (χ3n) is 4.82. The first-order chi connectivity index (χ1) is 10.3. The Kier molecular flexibility index (Phi) is 3.81. The van der Waals surface area contributed by atoms with E-state index in [9.17, 15) is 5.26 Å². The number of fused-ring (bicyclic) bond motifs is 1. The van der Waals surface area contributed by atoms with Gasteiger partial charge in [0.05, 0.1) is 11.6 Å². The van der Waals surface area contributed by atoms with Crippen molar-refractivity contribution in [2.45, 2.75) is 25.3 Å². The highest BCUT2D eigenvalue weighted by Gasteiger charge is 2.30. The van der Waals surface area contributed by atoms with E-state index in [0.717, 1.165) is 22.9 Å². The third-order valence-corrected chi connectivity index (χ3v) is 4.82. The van der Waals surface area contributed by atoms with E-state index in [1.54, 1.807) is 0 Å². The molecular weight excluding hydrogens is 258 g/mol. The number of anilines is 1. The molecule has 2 N–H and O–H groups in total. The Bertz CT molecular complexity index is 686. The molecule has 0 bridgehead atoms. The second kappa shape index (κ2) is 5.75. The van der Waals surface area contributed by atoms with E-state index in [-0.39, 0.29) is 0 Å². The van der Waals surface area contributed by atoms with Crippen LogP contribution in [0.4, 0.5) is 5.69 Å². The molecule has 2 aromatic rings. The maximum Gasteiger partial charge on any atom is 0.0998 e. The van der Waals surface area contributed by atoms with Crippen molar-refractivity contribution in [2.75, 3.05) is 18.5 Å². The van der Waals surface area contributed by atoms with Gasteiger partial charge < -0.3 is 10.6 Å². The van der Waals surface area contributed by atoms with Crippen LogP contribution in [0, 0.1) is 17.2 Å². The Morgan fingerprint density at radius 3 is 2.67 bits per heavy atom. The van der Waals surface area contributed by atoms with Gasteiger partial charge >= 0.3 is 0 Å². The molecule has 2 aromatic carbocycles. The molecule has 3 nitrogen and oxygen atoms in total. The lowest BCUT2D eigenvalue weighted by Crippen LogP contribution is -2.37. The zero-order valence-corrected chi connectivity index (χ0v) is 12.4. The van der Waals surface area contributed by atoms with Gasteiger partial charge in [0.2, 0.25) is 0 Å². The molecule has 0 saturated heterocycles. The SMILES string of the molecule is CN(c1ccc(C#N)c2ccccc12)C1CCCC1CN. The predicted octanol–water partition coefficient (Wildman–Crippen LogP) is 3.28. The van der Waals surface area contributed by atoms with Gasteiger partial charge in [-0.15, -0.1) is 0 Å².